The summed E-state index contributed by atoms with van der Waals surface area (Å²) in [6.07, 6.45) is 7.81. The molecule has 1 aliphatic rings. The number of halogens is 2. The number of hydrogen-bond donors (Lipinski definition) is 1. The second kappa shape index (κ2) is 10.0. The van der Waals surface area contributed by atoms with E-state index in [1.807, 2.05) is 0 Å². The van der Waals surface area contributed by atoms with Crippen LogP contribution in [-0.4, -0.2) is 8.96 Å². The van der Waals surface area contributed by atoms with Gasteiger partial charge in [0.1, 0.15) is 5.69 Å². The fraction of sp³-hybridized carbons (Fsp3) is 0.231. The van der Waals surface area contributed by atoms with Crippen molar-refractivity contribution in [3.05, 3.63) is 54.3 Å². The fourth-order valence-corrected chi connectivity index (χ4v) is 3.97. The average molecular weight is 335 g/mol. The number of hydrogen-bond acceptors (Lipinski definition) is 0. The van der Waals surface area contributed by atoms with Gasteiger partial charge < -0.3 is 29.4 Å². The Labute approximate surface area is 139 Å². The molecule has 0 aromatic heterocycles. The second-order valence-electron chi connectivity index (χ2n) is 4.26. The normalized spacial score (nSPS) is 14.1. The Kier molecular flexibility index (Phi) is 11.4. The van der Waals surface area contributed by atoms with E-state index in [4.69, 9.17) is 0 Å². The van der Waals surface area contributed by atoms with E-state index in [1.54, 1.807) is 4.57 Å². The maximum absolute atomic E-state index is 2.40. The zero-order valence-electron chi connectivity index (χ0n) is 10.7. The first-order chi connectivity index (χ1) is 7.29. The largest absolute Gasteiger partial charge is 1.00 e. The summed E-state index contributed by atoms with van der Waals surface area (Å²) in [4.78, 5) is 0. The minimum Gasteiger partial charge on any atom is -1.00 e. The molecule has 5 heteroatoms. The van der Waals surface area contributed by atoms with Crippen molar-refractivity contribution in [1.82, 2.24) is 0 Å². The van der Waals surface area contributed by atoms with Crippen LogP contribution >= 0.6 is 0 Å². The van der Waals surface area contributed by atoms with Gasteiger partial charge in [-0.25, -0.2) is 0 Å². The minimum atomic E-state index is -0.757. The van der Waals surface area contributed by atoms with Crippen LogP contribution in [0.1, 0.15) is 6.42 Å². The molecule has 1 nitrogen and oxygen atoms in total. The molecule has 0 amide bonds. The Morgan fingerprint density at radius 3 is 2.11 bits per heavy atom. The second-order valence-corrected chi connectivity index (χ2v) is 7.15. The summed E-state index contributed by atoms with van der Waals surface area (Å²) in [5.41, 5.74) is 2.96. The molecule has 1 aromatic carbocycles. The van der Waals surface area contributed by atoms with Crippen LogP contribution in [0.2, 0.25) is 13.1 Å². The van der Waals surface area contributed by atoms with Crippen molar-refractivity contribution in [3.8, 4) is 0 Å². The molecular formula is C13H18Cl2NSiTi. The Bertz CT molecular complexity index is 393. The van der Waals surface area contributed by atoms with E-state index in [2.05, 4.69) is 61.7 Å². The first kappa shape index (κ1) is 20.5. The van der Waals surface area contributed by atoms with Crippen molar-refractivity contribution in [2.24, 2.45) is 0 Å². The van der Waals surface area contributed by atoms with Crippen molar-refractivity contribution in [2.45, 2.75) is 19.5 Å². The van der Waals surface area contributed by atoms with Gasteiger partial charge in [0.25, 0.3) is 8.96 Å². The molecule has 1 radical (unpaired) electrons. The van der Waals surface area contributed by atoms with Crippen molar-refractivity contribution in [3.63, 3.8) is 0 Å². The van der Waals surface area contributed by atoms with Crippen LogP contribution in [0.25, 0.3) is 0 Å². The van der Waals surface area contributed by atoms with Crippen LogP contribution in [-0.2, 0) is 21.7 Å². The van der Waals surface area contributed by atoms with Crippen molar-refractivity contribution in [1.29, 1.82) is 0 Å². The van der Waals surface area contributed by atoms with E-state index in [-0.39, 0.29) is 46.5 Å². The Morgan fingerprint density at radius 1 is 1.06 bits per heavy atom. The van der Waals surface area contributed by atoms with Crippen LogP contribution in [0.4, 0.5) is 5.69 Å². The summed E-state index contributed by atoms with van der Waals surface area (Å²) >= 11 is 0. The number of nitrogens with one attached hydrogen (secondary N) is 1. The molecule has 0 spiro atoms. The predicted molar refractivity (Wildman–Crippen MR) is 67.8 cm³/mol. The van der Waals surface area contributed by atoms with Gasteiger partial charge in [-0.2, -0.15) is 0 Å². The van der Waals surface area contributed by atoms with Gasteiger partial charge in [-0.3, -0.25) is 0 Å². The topological polar surface area (TPSA) is 4.44 Å². The number of benzene rings is 1. The summed E-state index contributed by atoms with van der Waals surface area (Å²) in [7, 11) is -0.757. The molecule has 1 atom stereocenters. The summed E-state index contributed by atoms with van der Waals surface area (Å²) in [6, 6.07) is 10.8. The third-order valence-corrected chi connectivity index (χ3v) is 4.64. The van der Waals surface area contributed by atoms with Crippen molar-refractivity contribution >= 4 is 14.6 Å². The number of para-hydroxylation sites is 1. The SMILES string of the molecule is C[SiH](C)[NH+](C1=CC=CC1)c1ccccc1.[Cl-].[Cl-].[Ti+]. The first-order valence-corrected chi connectivity index (χ1v) is 8.46. The fourth-order valence-electron chi connectivity index (χ4n) is 2.15. The van der Waals surface area contributed by atoms with Gasteiger partial charge in [-0.15, -0.1) is 0 Å². The Hall–Kier alpha value is 0.171. The monoisotopic (exact) mass is 334 g/mol. The van der Waals surface area contributed by atoms with Gasteiger partial charge in [0.15, 0.2) is 0 Å². The van der Waals surface area contributed by atoms with E-state index in [0.717, 1.165) is 6.42 Å². The van der Waals surface area contributed by atoms with Crippen LogP contribution in [0.5, 0.6) is 0 Å². The molecule has 2 rings (SSSR count). The number of quaternary nitrogens is 1. The standard InChI is InChI=1S/C13H17NSi.2ClH.Ti/c1-15(2)14(13-10-6-7-11-13)12-8-4-3-5-9-12;;;/h3-10,15H,11H2,1-2H3;2*1H;/q;;;+1/p-1. The quantitative estimate of drug-likeness (QED) is 0.538. The molecule has 0 bridgehead atoms. The van der Waals surface area contributed by atoms with E-state index < -0.39 is 8.96 Å². The summed E-state index contributed by atoms with van der Waals surface area (Å²) in [5.74, 6) is 0. The summed E-state index contributed by atoms with van der Waals surface area (Å²) in [5, 5.41) is 0. The first-order valence-electron chi connectivity index (χ1n) is 5.57. The maximum Gasteiger partial charge on any atom is 1.00 e. The molecule has 0 saturated carbocycles. The zero-order valence-corrected chi connectivity index (χ0v) is 14.9. The maximum atomic E-state index is 2.40. The Balaban J connectivity index is 0. The molecule has 1 aliphatic carbocycles. The molecule has 1 unspecified atom stereocenters. The van der Waals surface area contributed by atoms with E-state index in [9.17, 15) is 0 Å². The van der Waals surface area contributed by atoms with Crippen molar-refractivity contribution < 1.29 is 51.1 Å². The van der Waals surface area contributed by atoms with E-state index in [1.165, 1.54) is 11.4 Å². The summed E-state index contributed by atoms with van der Waals surface area (Å²) < 4.78 is 1.63. The molecule has 1 aromatic rings. The van der Waals surface area contributed by atoms with Gasteiger partial charge in [0.05, 0.1) is 5.70 Å². The molecule has 1 N–H and O–H groups in total. The molecule has 0 heterocycles. The molecule has 0 aliphatic heterocycles. The van der Waals surface area contributed by atoms with Gasteiger partial charge >= 0.3 is 21.7 Å². The summed E-state index contributed by atoms with van der Waals surface area (Å²) in [6.45, 7) is 4.81. The van der Waals surface area contributed by atoms with Crippen LogP contribution in [0.15, 0.2) is 54.3 Å². The third-order valence-electron chi connectivity index (χ3n) is 2.78. The average Bonchev–Trinajstić information content (AvgIpc) is 2.72. The Morgan fingerprint density at radius 2 is 1.67 bits per heavy atom. The number of rotatable bonds is 3. The van der Waals surface area contributed by atoms with Crippen LogP contribution in [0, 0.1) is 0 Å². The van der Waals surface area contributed by atoms with E-state index >= 15 is 0 Å². The number of allylic oxidation sites excluding steroid dienone is 3. The van der Waals surface area contributed by atoms with Gasteiger partial charge in [-0.05, 0) is 31.3 Å². The van der Waals surface area contributed by atoms with E-state index in [0.29, 0.717) is 0 Å². The smallest absolute Gasteiger partial charge is 1.00 e. The molecule has 97 valence electrons. The van der Waals surface area contributed by atoms with Gasteiger partial charge in [0.2, 0.25) is 0 Å². The van der Waals surface area contributed by atoms with Crippen LogP contribution in [0.3, 0.4) is 0 Å². The van der Waals surface area contributed by atoms with Gasteiger partial charge in [-0.1, -0.05) is 30.4 Å². The predicted octanol–water partition coefficient (Wildman–Crippen LogP) is -3.96. The molecule has 0 fully saturated rings. The minimum absolute atomic E-state index is 0. The third kappa shape index (κ3) is 5.04. The molecule has 0 saturated heterocycles. The molecule has 18 heavy (non-hydrogen) atoms. The van der Waals surface area contributed by atoms with Crippen molar-refractivity contribution in [2.75, 3.05) is 0 Å². The zero-order chi connectivity index (χ0) is 10.7. The van der Waals surface area contributed by atoms with Crippen LogP contribution < -0.4 is 29.4 Å². The van der Waals surface area contributed by atoms with Gasteiger partial charge in [0, 0.05) is 6.42 Å². The molecular weight excluding hydrogens is 317 g/mol.